The van der Waals surface area contributed by atoms with Crippen LogP contribution in [0.15, 0.2) is 43.0 Å². The van der Waals surface area contributed by atoms with E-state index in [1.165, 1.54) is 24.4 Å². The first-order valence-electron chi connectivity index (χ1n) is 9.67. The number of hydrogen-bond acceptors (Lipinski definition) is 9. The van der Waals surface area contributed by atoms with Gasteiger partial charge in [0.05, 0.1) is 12.4 Å². The Labute approximate surface area is 182 Å². The predicted molar refractivity (Wildman–Crippen MR) is 116 cm³/mol. The molecule has 1 saturated heterocycles. The van der Waals surface area contributed by atoms with E-state index in [1.807, 2.05) is 18.2 Å². The maximum atomic E-state index is 11.9. The molecule has 2 amide bonds. The van der Waals surface area contributed by atoms with Gasteiger partial charge in [-0.3, -0.25) is 4.57 Å². The van der Waals surface area contributed by atoms with Crippen molar-refractivity contribution < 1.29 is 19.7 Å². The first-order chi connectivity index (χ1) is 15.0. The molecule has 164 valence electrons. The molecule has 0 radical (unpaired) electrons. The van der Waals surface area contributed by atoms with Crippen molar-refractivity contribution in [3.63, 3.8) is 0 Å². The number of nitrogens with one attached hydrogen (secondary N) is 2. The molecule has 31 heavy (non-hydrogen) atoms. The van der Waals surface area contributed by atoms with E-state index >= 15 is 0 Å². The van der Waals surface area contributed by atoms with E-state index in [-0.39, 0.29) is 11.8 Å². The number of ether oxygens (including phenoxy) is 1. The number of nitrogen functional groups attached to an aromatic ring is 1. The van der Waals surface area contributed by atoms with Crippen molar-refractivity contribution in [3.8, 4) is 0 Å². The summed E-state index contributed by atoms with van der Waals surface area (Å²) in [5.41, 5.74) is 7.35. The Morgan fingerprint density at radius 2 is 2.00 bits per heavy atom. The number of carbonyl (C=O) groups excluding carboxylic acids is 1. The first-order valence-corrected chi connectivity index (χ1v) is 10.8. The summed E-state index contributed by atoms with van der Waals surface area (Å²) in [5, 5.41) is 26.4. The number of aromatic nitrogens is 4. The summed E-state index contributed by atoms with van der Waals surface area (Å²) in [5.74, 6) is 1.29. The topological polar surface area (TPSA) is 160 Å². The van der Waals surface area contributed by atoms with Crippen molar-refractivity contribution in [2.75, 3.05) is 29.1 Å². The van der Waals surface area contributed by atoms with E-state index < -0.39 is 24.5 Å². The minimum Gasteiger partial charge on any atom is -0.387 e. The number of imidazole rings is 1. The molecule has 0 aliphatic carbocycles. The average Bonchev–Trinajstić information content (AvgIpc) is 3.31. The second-order valence-electron chi connectivity index (χ2n) is 6.95. The number of carbonyl (C=O) groups is 1. The van der Waals surface area contributed by atoms with Crippen LogP contribution in [0.1, 0.15) is 6.23 Å². The fourth-order valence-electron chi connectivity index (χ4n) is 3.29. The normalized spacial score (nSPS) is 23.2. The standard InChI is InChI=1S/C19H23N7O4S/c20-16-13-17(23-9-22-16)26(10-24-13)18-15(28)14(27)12(30-18)8-31-7-6-21-19(29)25-11-4-2-1-3-5-11/h1-5,9-10,12,14-15,18,27-28H,6-8H2,(H2,20,22,23)(H2,21,25,29)/t12-,14-,15-,18-/m1/s1. The Hall–Kier alpha value is -2.93. The molecule has 0 saturated carbocycles. The molecule has 11 nitrogen and oxygen atoms in total. The van der Waals surface area contributed by atoms with Crippen molar-refractivity contribution in [1.29, 1.82) is 0 Å². The minimum absolute atomic E-state index is 0.229. The molecule has 4 atom stereocenters. The number of aliphatic hydroxyl groups is 2. The molecule has 3 aromatic rings. The second kappa shape index (κ2) is 9.47. The molecule has 1 aliphatic rings. The number of rotatable bonds is 7. The Bertz CT molecular complexity index is 1030. The third kappa shape index (κ3) is 4.71. The van der Waals surface area contributed by atoms with Gasteiger partial charge in [0.25, 0.3) is 0 Å². The van der Waals surface area contributed by atoms with E-state index in [2.05, 4.69) is 25.6 Å². The molecule has 3 heterocycles. The van der Waals surface area contributed by atoms with E-state index in [9.17, 15) is 15.0 Å². The van der Waals surface area contributed by atoms with E-state index in [1.54, 1.807) is 16.7 Å². The van der Waals surface area contributed by atoms with Gasteiger partial charge >= 0.3 is 6.03 Å². The molecule has 4 rings (SSSR count). The maximum Gasteiger partial charge on any atom is 0.319 e. The molecular formula is C19H23N7O4S. The van der Waals surface area contributed by atoms with Crippen LogP contribution in [0, 0.1) is 0 Å². The smallest absolute Gasteiger partial charge is 0.319 e. The largest absolute Gasteiger partial charge is 0.387 e. The van der Waals surface area contributed by atoms with Crippen LogP contribution in [0.2, 0.25) is 0 Å². The van der Waals surface area contributed by atoms with Gasteiger partial charge in [-0.05, 0) is 12.1 Å². The van der Waals surface area contributed by atoms with Crippen molar-refractivity contribution in [2.45, 2.75) is 24.5 Å². The van der Waals surface area contributed by atoms with Gasteiger partial charge in [0.15, 0.2) is 17.7 Å². The number of para-hydroxylation sites is 1. The molecule has 0 unspecified atom stereocenters. The number of anilines is 2. The lowest BCUT2D eigenvalue weighted by atomic mass is 10.1. The average molecular weight is 446 g/mol. The highest BCUT2D eigenvalue weighted by molar-refractivity contribution is 7.99. The highest BCUT2D eigenvalue weighted by Gasteiger charge is 2.44. The number of nitrogens with zero attached hydrogens (tertiary/aromatic N) is 4. The van der Waals surface area contributed by atoms with Crippen LogP contribution in [0.5, 0.6) is 0 Å². The van der Waals surface area contributed by atoms with Gasteiger partial charge < -0.3 is 31.3 Å². The zero-order valence-corrected chi connectivity index (χ0v) is 17.3. The molecule has 1 aliphatic heterocycles. The summed E-state index contributed by atoms with van der Waals surface area (Å²) < 4.78 is 7.43. The number of thioether (sulfide) groups is 1. The van der Waals surface area contributed by atoms with Crippen molar-refractivity contribution in [2.24, 2.45) is 0 Å². The Morgan fingerprint density at radius 3 is 2.81 bits per heavy atom. The summed E-state index contributed by atoms with van der Waals surface area (Å²) in [4.78, 5) is 24.1. The van der Waals surface area contributed by atoms with Gasteiger partial charge in [0.2, 0.25) is 0 Å². The fourth-order valence-corrected chi connectivity index (χ4v) is 4.21. The number of benzene rings is 1. The summed E-state index contributed by atoms with van der Waals surface area (Å²) in [6, 6.07) is 8.88. The molecule has 1 aromatic carbocycles. The van der Waals surface area contributed by atoms with E-state index in [4.69, 9.17) is 10.5 Å². The predicted octanol–water partition coefficient (Wildman–Crippen LogP) is 0.583. The summed E-state index contributed by atoms with van der Waals surface area (Å²) in [6.07, 6.45) is -0.866. The Kier molecular flexibility index (Phi) is 6.51. The summed E-state index contributed by atoms with van der Waals surface area (Å²) in [7, 11) is 0. The van der Waals surface area contributed by atoms with Crippen molar-refractivity contribution >= 4 is 40.5 Å². The van der Waals surface area contributed by atoms with Crippen LogP contribution in [0.3, 0.4) is 0 Å². The molecule has 2 aromatic heterocycles. The zero-order valence-electron chi connectivity index (χ0n) is 16.5. The number of amides is 2. The Balaban J connectivity index is 1.25. The Morgan fingerprint density at radius 1 is 1.19 bits per heavy atom. The lowest BCUT2D eigenvalue weighted by molar-refractivity contribution is -0.0289. The summed E-state index contributed by atoms with van der Waals surface area (Å²) >= 11 is 1.50. The SMILES string of the molecule is Nc1ncnc2c1ncn2[C@@H]1O[C@H](CSCCNC(=O)Nc2ccccc2)[C@@H](O)[C@H]1O. The third-order valence-electron chi connectivity index (χ3n) is 4.84. The zero-order chi connectivity index (χ0) is 21.8. The maximum absolute atomic E-state index is 11.9. The van der Waals surface area contributed by atoms with Crippen LogP contribution < -0.4 is 16.4 Å². The quantitative estimate of drug-likeness (QED) is 0.328. The van der Waals surface area contributed by atoms with Crippen LogP contribution >= 0.6 is 11.8 Å². The fraction of sp³-hybridized carbons (Fsp3) is 0.368. The van der Waals surface area contributed by atoms with Crippen LogP contribution in [-0.2, 0) is 4.74 Å². The molecule has 1 fully saturated rings. The van der Waals surface area contributed by atoms with Gasteiger partial charge in [-0.1, -0.05) is 18.2 Å². The number of nitrogens with two attached hydrogens (primary N) is 1. The summed E-state index contributed by atoms with van der Waals surface area (Å²) in [6.45, 7) is 0.445. The van der Waals surface area contributed by atoms with Crippen LogP contribution in [0.4, 0.5) is 16.3 Å². The monoisotopic (exact) mass is 445 g/mol. The van der Waals surface area contributed by atoms with Crippen molar-refractivity contribution in [1.82, 2.24) is 24.8 Å². The van der Waals surface area contributed by atoms with Crippen LogP contribution in [0.25, 0.3) is 11.2 Å². The molecular weight excluding hydrogens is 422 g/mol. The van der Waals surface area contributed by atoms with Gasteiger partial charge in [0.1, 0.15) is 24.1 Å². The number of fused-ring (bicyclic) bond motifs is 1. The van der Waals surface area contributed by atoms with E-state index in [0.717, 1.165) is 0 Å². The second-order valence-corrected chi connectivity index (χ2v) is 8.10. The lowest BCUT2D eigenvalue weighted by Gasteiger charge is -2.16. The first kappa shape index (κ1) is 21.3. The van der Waals surface area contributed by atoms with Gasteiger partial charge in [0, 0.05) is 23.7 Å². The highest BCUT2D eigenvalue weighted by Crippen LogP contribution is 2.33. The lowest BCUT2D eigenvalue weighted by Crippen LogP contribution is -2.33. The van der Waals surface area contributed by atoms with Crippen molar-refractivity contribution in [3.05, 3.63) is 43.0 Å². The number of aliphatic hydroxyl groups excluding tert-OH is 2. The minimum atomic E-state index is -1.14. The number of hydrogen-bond donors (Lipinski definition) is 5. The molecule has 0 spiro atoms. The molecule has 12 heteroatoms. The third-order valence-corrected chi connectivity index (χ3v) is 5.90. The highest BCUT2D eigenvalue weighted by atomic mass is 32.2. The van der Waals surface area contributed by atoms with Gasteiger partial charge in [-0.25, -0.2) is 19.7 Å². The molecule has 6 N–H and O–H groups in total. The van der Waals surface area contributed by atoms with Crippen LogP contribution in [-0.4, -0.2) is 72.1 Å². The number of urea groups is 1. The van der Waals surface area contributed by atoms with Gasteiger partial charge in [-0.2, -0.15) is 11.8 Å². The van der Waals surface area contributed by atoms with Gasteiger partial charge in [-0.15, -0.1) is 0 Å². The van der Waals surface area contributed by atoms with E-state index in [0.29, 0.717) is 34.9 Å². The molecule has 0 bridgehead atoms.